The van der Waals surface area contributed by atoms with Gasteiger partial charge in [-0.05, 0) is 46.4 Å². The summed E-state index contributed by atoms with van der Waals surface area (Å²) in [6, 6.07) is 16.8. The lowest BCUT2D eigenvalue weighted by atomic mass is 9.98. The normalized spacial score (nSPS) is 13.2. The van der Waals surface area contributed by atoms with Crippen molar-refractivity contribution in [3.8, 4) is 11.1 Å². The third-order valence-corrected chi connectivity index (χ3v) is 5.49. The van der Waals surface area contributed by atoms with Crippen LogP contribution in [0.15, 0.2) is 67.0 Å². The highest BCUT2D eigenvalue weighted by molar-refractivity contribution is 5.81. The van der Waals surface area contributed by atoms with Crippen molar-refractivity contribution < 1.29 is 19.4 Å². The van der Waals surface area contributed by atoms with Crippen LogP contribution in [0.3, 0.4) is 0 Å². The molecular formula is C24H22N2O4. The van der Waals surface area contributed by atoms with Crippen molar-refractivity contribution in [2.24, 2.45) is 0 Å². The van der Waals surface area contributed by atoms with E-state index in [9.17, 15) is 14.7 Å². The highest BCUT2D eigenvalue weighted by Gasteiger charge is 2.29. The number of rotatable bonds is 6. The fraction of sp³-hybridized carbons (Fsp3) is 0.208. The average Bonchev–Trinajstić information content (AvgIpc) is 3.07. The van der Waals surface area contributed by atoms with E-state index >= 15 is 0 Å². The number of nitrogens with zero attached hydrogens (tertiary/aromatic N) is 1. The van der Waals surface area contributed by atoms with Gasteiger partial charge in [0.15, 0.2) is 0 Å². The Morgan fingerprint density at radius 3 is 2.30 bits per heavy atom. The minimum atomic E-state index is -1.11. The first-order chi connectivity index (χ1) is 14.5. The van der Waals surface area contributed by atoms with Crippen LogP contribution in [0.2, 0.25) is 0 Å². The van der Waals surface area contributed by atoms with Crippen molar-refractivity contribution in [3.63, 3.8) is 0 Å². The van der Waals surface area contributed by atoms with Crippen molar-refractivity contribution >= 4 is 12.1 Å². The van der Waals surface area contributed by atoms with Crippen molar-refractivity contribution in [1.29, 1.82) is 0 Å². The maximum absolute atomic E-state index is 12.4. The number of aryl methyl sites for hydroxylation is 1. The number of nitrogens with one attached hydrogen (secondary N) is 1. The highest BCUT2D eigenvalue weighted by Crippen LogP contribution is 2.44. The number of alkyl carbamates (subject to hydrolysis) is 1. The number of aliphatic carboxylic acids is 1. The van der Waals surface area contributed by atoms with Crippen LogP contribution in [0.1, 0.15) is 28.2 Å². The quantitative estimate of drug-likeness (QED) is 0.652. The van der Waals surface area contributed by atoms with E-state index in [2.05, 4.69) is 22.4 Å². The molecule has 1 aliphatic rings. The molecule has 2 N–H and O–H groups in total. The first kappa shape index (κ1) is 19.6. The summed E-state index contributed by atoms with van der Waals surface area (Å²) in [6.45, 7) is 2.00. The molecule has 1 atom stereocenters. The number of amides is 1. The number of ether oxygens (including phenoxy) is 1. The maximum Gasteiger partial charge on any atom is 0.407 e. The van der Waals surface area contributed by atoms with Gasteiger partial charge in [-0.3, -0.25) is 4.98 Å². The van der Waals surface area contributed by atoms with Crippen LogP contribution >= 0.6 is 0 Å². The third kappa shape index (κ3) is 3.89. The monoisotopic (exact) mass is 402 g/mol. The van der Waals surface area contributed by atoms with E-state index in [1.165, 1.54) is 0 Å². The van der Waals surface area contributed by atoms with Gasteiger partial charge < -0.3 is 15.2 Å². The molecule has 6 heteroatoms. The van der Waals surface area contributed by atoms with Gasteiger partial charge in [-0.25, -0.2) is 9.59 Å². The van der Waals surface area contributed by atoms with Crippen LogP contribution in [0.4, 0.5) is 4.79 Å². The molecule has 2 aromatic carbocycles. The lowest BCUT2D eigenvalue weighted by Gasteiger charge is -2.18. The second-order valence-electron chi connectivity index (χ2n) is 7.37. The zero-order valence-corrected chi connectivity index (χ0v) is 16.5. The largest absolute Gasteiger partial charge is 0.480 e. The summed E-state index contributed by atoms with van der Waals surface area (Å²) in [5.41, 5.74) is 6.18. The topological polar surface area (TPSA) is 88.5 Å². The maximum atomic E-state index is 12.4. The van der Waals surface area contributed by atoms with E-state index in [0.29, 0.717) is 0 Å². The summed E-state index contributed by atoms with van der Waals surface area (Å²) >= 11 is 0. The molecular weight excluding hydrogens is 380 g/mol. The fourth-order valence-corrected chi connectivity index (χ4v) is 3.93. The van der Waals surface area contributed by atoms with E-state index in [-0.39, 0.29) is 18.9 Å². The van der Waals surface area contributed by atoms with E-state index in [1.54, 1.807) is 18.5 Å². The Hall–Kier alpha value is -3.67. The van der Waals surface area contributed by atoms with Crippen LogP contribution < -0.4 is 5.32 Å². The Balaban J connectivity index is 1.44. The summed E-state index contributed by atoms with van der Waals surface area (Å²) in [7, 11) is 0. The Morgan fingerprint density at radius 2 is 1.70 bits per heavy atom. The Kier molecular flexibility index (Phi) is 5.48. The molecule has 1 aliphatic carbocycles. The molecule has 1 heterocycles. The SMILES string of the molecule is Cc1cnccc1CC(NC(=O)OCC1c2ccccc2-c2ccccc21)C(=O)O. The van der Waals surface area contributed by atoms with Gasteiger partial charge in [-0.15, -0.1) is 0 Å². The van der Waals surface area contributed by atoms with Gasteiger partial charge in [0.25, 0.3) is 0 Å². The Morgan fingerprint density at radius 1 is 1.07 bits per heavy atom. The van der Waals surface area contributed by atoms with Crippen molar-refractivity contribution in [1.82, 2.24) is 10.3 Å². The molecule has 1 amide bonds. The first-order valence-corrected chi connectivity index (χ1v) is 9.78. The van der Waals surface area contributed by atoms with Gasteiger partial charge in [0.2, 0.25) is 0 Å². The standard InChI is InChI=1S/C24H22N2O4/c1-15-13-25-11-10-16(15)12-22(23(27)28)26-24(29)30-14-21-19-8-4-2-6-17(19)18-7-3-5-9-20(18)21/h2-11,13,21-22H,12,14H2,1H3,(H,26,29)(H,27,28). The summed E-state index contributed by atoms with van der Waals surface area (Å²) in [5, 5.41) is 12.0. The second-order valence-corrected chi connectivity index (χ2v) is 7.37. The zero-order valence-electron chi connectivity index (χ0n) is 16.5. The number of hydrogen-bond acceptors (Lipinski definition) is 4. The van der Waals surface area contributed by atoms with Crippen LogP contribution in [0, 0.1) is 6.92 Å². The summed E-state index contributed by atoms with van der Waals surface area (Å²) in [6.07, 6.45) is 2.69. The molecule has 6 nitrogen and oxygen atoms in total. The number of hydrogen-bond donors (Lipinski definition) is 2. The highest BCUT2D eigenvalue weighted by atomic mass is 16.5. The molecule has 152 valence electrons. The van der Waals surface area contributed by atoms with Gasteiger partial charge in [-0.2, -0.15) is 0 Å². The smallest absolute Gasteiger partial charge is 0.407 e. The van der Waals surface area contributed by atoms with Crippen LogP contribution in [0.25, 0.3) is 11.1 Å². The second kappa shape index (κ2) is 8.37. The Bertz CT molecular complexity index is 1050. The molecule has 3 aromatic rings. The number of carboxylic acid groups (broad SMARTS) is 1. The number of pyridine rings is 1. The third-order valence-electron chi connectivity index (χ3n) is 5.49. The predicted octanol–water partition coefficient (Wildman–Crippen LogP) is 3.92. The molecule has 30 heavy (non-hydrogen) atoms. The molecule has 0 radical (unpaired) electrons. The molecule has 0 aliphatic heterocycles. The molecule has 0 fully saturated rings. The van der Waals surface area contributed by atoms with E-state index in [0.717, 1.165) is 33.4 Å². The van der Waals surface area contributed by atoms with Crippen molar-refractivity contribution in [2.75, 3.05) is 6.61 Å². The first-order valence-electron chi connectivity index (χ1n) is 9.78. The molecule has 4 rings (SSSR count). The minimum Gasteiger partial charge on any atom is -0.480 e. The zero-order chi connectivity index (χ0) is 21.1. The number of carbonyl (C=O) groups excluding carboxylic acids is 1. The molecule has 0 spiro atoms. The van der Waals surface area contributed by atoms with E-state index < -0.39 is 18.1 Å². The lowest BCUT2D eigenvalue weighted by Crippen LogP contribution is -2.43. The van der Waals surface area contributed by atoms with Crippen molar-refractivity contribution in [3.05, 3.63) is 89.2 Å². The number of benzene rings is 2. The van der Waals surface area contributed by atoms with Gasteiger partial charge in [0, 0.05) is 24.7 Å². The van der Waals surface area contributed by atoms with Crippen LogP contribution in [0.5, 0.6) is 0 Å². The van der Waals surface area contributed by atoms with Gasteiger partial charge in [0.1, 0.15) is 12.6 Å². The van der Waals surface area contributed by atoms with Gasteiger partial charge in [-0.1, -0.05) is 48.5 Å². The van der Waals surface area contributed by atoms with Crippen LogP contribution in [-0.2, 0) is 16.0 Å². The van der Waals surface area contributed by atoms with Gasteiger partial charge >= 0.3 is 12.1 Å². The number of fused-ring (bicyclic) bond motifs is 3. The average molecular weight is 402 g/mol. The van der Waals surface area contributed by atoms with E-state index in [1.807, 2.05) is 43.3 Å². The van der Waals surface area contributed by atoms with Gasteiger partial charge in [0.05, 0.1) is 0 Å². The summed E-state index contributed by atoms with van der Waals surface area (Å²) in [5.74, 6) is -1.19. The molecule has 0 bridgehead atoms. The van der Waals surface area contributed by atoms with E-state index in [4.69, 9.17) is 4.74 Å². The molecule has 0 saturated heterocycles. The predicted molar refractivity (Wildman–Crippen MR) is 112 cm³/mol. The summed E-state index contributed by atoms with van der Waals surface area (Å²) < 4.78 is 5.46. The number of carboxylic acids is 1. The summed E-state index contributed by atoms with van der Waals surface area (Å²) in [4.78, 5) is 28.1. The molecule has 0 saturated carbocycles. The van der Waals surface area contributed by atoms with Crippen LogP contribution in [-0.4, -0.2) is 34.8 Å². The molecule has 1 aromatic heterocycles. The Labute approximate surface area is 174 Å². The minimum absolute atomic E-state index is 0.0751. The molecule has 1 unspecified atom stereocenters. The lowest BCUT2D eigenvalue weighted by molar-refractivity contribution is -0.139. The number of aromatic nitrogens is 1. The number of carbonyl (C=O) groups is 2. The van der Waals surface area contributed by atoms with Crippen molar-refractivity contribution in [2.45, 2.75) is 25.3 Å². The fourth-order valence-electron chi connectivity index (χ4n) is 3.93.